The number of benzene rings is 2. The summed E-state index contributed by atoms with van der Waals surface area (Å²) in [6, 6.07) is 13.6. The summed E-state index contributed by atoms with van der Waals surface area (Å²) in [6.07, 6.45) is 2.88. The van der Waals surface area contributed by atoms with Crippen LogP contribution in [0.1, 0.15) is 24.5 Å². The summed E-state index contributed by atoms with van der Waals surface area (Å²) >= 11 is 12.3. The number of amides is 1. The Morgan fingerprint density at radius 1 is 1.22 bits per heavy atom. The van der Waals surface area contributed by atoms with Crippen molar-refractivity contribution in [3.05, 3.63) is 69.8 Å². The molecule has 0 radical (unpaired) electrons. The molecule has 2 unspecified atom stereocenters. The number of carbonyl (C=O) groups is 1. The van der Waals surface area contributed by atoms with E-state index < -0.39 is 12.0 Å². The van der Waals surface area contributed by atoms with Gasteiger partial charge in [-0.05, 0) is 62.2 Å². The maximum absolute atomic E-state index is 13.4. The van der Waals surface area contributed by atoms with E-state index in [0.717, 1.165) is 23.9 Å². The molecule has 0 aliphatic carbocycles. The lowest BCUT2D eigenvalue weighted by Crippen LogP contribution is -2.56. The van der Waals surface area contributed by atoms with Crippen LogP contribution < -0.4 is 0 Å². The minimum atomic E-state index is -0.728. The average Bonchev–Trinajstić information content (AvgIpc) is 3.14. The Bertz CT molecular complexity index is 1080. The molecule has 3 aromatic rings. The molecule has 4 rings (SSSR count). The van der Waals surface area contributed by atoms with Gasteiger partial charge in [-0.2, -0.15) is 0 Å². The lowest BCUT2D eigenvalue weighted by atomic mass is 9.85. The van der Waals surface area contributed by atoms with Gasteiger partial charge in [0.2, 0.25) is 5.91 Å². The molecular weight excluding hydrogens is 445 g/mol. The first-order chi connectivity index (χ1) is 15.3. The van der Waals surface area contributed by atoms with E-state index in [0.29, 0.717) is 29.7 Å². The van der Waals surface area contributed by atoms with Crippen molar-refractivity contribution < 1.29 is 9.90 Å². The van der Waals surface area contributed by atoms with Crippen LogP contribution in [-0.2, 0) is 17.8 Å². The summed E-state index contributed by atoms with van der Waals surface area (Å²) in [7, 11) is 1.99. The van der Waals surface area contributed by atoms with Crippen molar-refractivity contribution >= 4 is 40.0 Å². The fourth-order valence-corrected chi connectivity index (χ4v) is 5.47. The molecule has 5 nitrogen and oxygen atoms in total. The van der Waals surface area contributed by atoms with Gasteiger partial charge in [0.25, 0.3) is 0 Å². The lowest BCUT2D eigenvalue weighted by molar-refractivity contribution is -0.147. The van der Waals surface area contributed by atoms with E-state index >= 15 is 0 Å². The maximum Gasteiger partial charge on any atom is 0.229 e. The number of hydrogen-bond donors (Lipinski definition) is 2. The summed E-state index contributed by atoms with van der Waals surface area (Å²) in [5.41, 5.74) is 3.31. The first-order valence-electron chi connectivity index (χ1n) is 11.0. The number of para-hydroxylation sites is 1. The van der Waals surface area contributed by atoms with E-state index in [9.17, 15) is 9.90 Å². The van der Waals surface area contributed by atoms with Crippen molar-refractivity contribution in [1.82, 2.24) is 14.8 Å². The Kier molecular flexibility index (Phi) is 7.11. The molecule has 1 amide bonds. The monoisotopic (exact) mass is 473 g/mol. The molecule has 2 aromatic carbocycles. The fourth-order valence-electron chi connectivity index (χ4n) is 4.90. The standard InChI is InChI=1S/C25H29Cl2N3O2/c1-16(31)24-23(29(2)15-17-11-19(26)13-20(27)12-17)8-10-30(25(24)32)9-7-18-14-28-22-6-4-3-5-21(18)22/h3-6,11-14,16,23-24,28,31H,7-10,15H2,1-2H3/t16?,23?,24-/m0/s1. The third-order valence-corrected chi connectivity index (χ3v) is 6.91. The zero-order valence-corrected chi connectivity index (χ0v) is 19.9. The molecule has 2 N–H and O–H groups in total. The minimum Gasteiger partial charge on any atom is -0.393 e. The molecule has 3 atom stereocenters. The Morgan fingerprint density at radius 2 is 1.94 bits per heavy atom. The number of aliphatic hydroxyl groups is 1. The third-order valence-electron chi connectivity index (χ3n) is 6.47. The highest BCUT2D eigenvalue weighted by molar-refractivity contribution is 6.34. The molecule has 1 fully saturated rings. The highest BCUT2D eigenvalue weighted by atomic mass is 35.5. The summed E-state index contributed by atoms with van der Waals surface area (Å²) in [5.74, 6) is -0.446. The van der Waals surface area contributed by atoms with Crippen LogP contribution in [0.3, 0.4) is 0 Å². The van der Waals surface area contributed by atoms with Crippen LogP contribution in [-0.4, -0.2) is 58.1 Å². The van der Waals surface area contributed by atoms with E-state index in [2.05, 4.69) is 22.0 Å². The second-order valence-electron chi connectivity index (χ2n) is 8.75. The van der Waals surface area contributed by atoms with Gasteiger partial charge >= 0.3 is 0 Å². The van der Waals surface area contributed by atoms with Gasteiger partial charge in [0.05, 0.1) is 12.0 Å². The topological polar surface area (TPSA) is 59.6 Å². The van der Waals surface area contributed by atoms with Crippen LogP contribution in [0, 0.1) is 5.92 Å². The largest absolute Gasteiger partial charge is 0.393 e. The molecule has 2 heterocycles. The van der Waals surface area contributed by atoms with Crippen LogP contribution >= 0.6 is 23.2 Å². The molecule has 32 heavy (non-hydrogen) atoms. The van der Waals surface area contributed by atoms with Gasteiger partial charge in [0.1, 0.15) is 0 Å². The Hall–Kier alpha value is -2.05. The summed E-state index contributed by atoms with van der Waals surface area (Å²) in [4.78, 5) is 20.7. The van der Waals surface area contributed by atoms with Gasteiger partial charge in [0, 0.05) is 52.8 Å². The number of fused-ring (bicyclic) bond motifs is 1. The smallest absolute Gasteiger partial charge is 0.229 e. The number of aromatic amines is 1. The molecule has 0 bridgehead atoms. The van der Waals surface area contributed by atoms with Crippen molar-refractivity contribution in [2.24, 2.45) is 5.92 Å². The van der Waals surface area contributed by atoms with Crippen LogP contribution in [0.4, 0.5) is 0 Å². The third kappa shape index (κ3) is 4.96. The SMILES string of the molecule is CC(O)[C@@H]1C(=O)N(CCc2c[nH]c3ccccc23)CCC1N(C)Cc1cc(Cl)cc(Cl)c1. The van der Waals surface area contributed by atoms with Gasteiger partial charge in [-0.15, -0.1) is 0 Å². The van der Waals surface area contributed by atoms with E-state index in [1.807, 2.05) is 42.4 Å². The first kappa shape index (κ1) is 23.1. The van der Waals surface area contributed by atoms with Gasteiger partial charge in [-0.3, -0.25) is 9.69 Å². The highest BCUT2D eigenvalue weighted by Gasteiger charge is 2.41. The number of halogens is 2. The second kappa shape index (κ2) is 9.84. The molecule has 0 spiro atoms. The fraction of sp³-hybridized carbons (Fsp3) is 0.400. The summed E-state index contributed by atoms with van der Waals surface area (Å²) < 4.78 is 0. The number of H-pyrrole nitrogens is 1. The van der Waals surface area contributed by atoms with Crippen LogP contribution in [0.15, 0.2) is 48.7 Å². The predicted octanol–water partition coefficient (Wildman–Crippen LogP) is 4.75. The predicted molar refractivity (Wildman–Crippen MR) is 130 cm³/mol. The first-order valence-corrected chi connectivity index (χ1v) is 11.8. The molecule has 7 heteroatoms. The number of piperidine rings is 1. The number of nitrogens with one attached hydrogen (secondary N) is 1. The molecule has 1 aromatic heterocycles. The number of aromatic nitrogens is 1. The van der Waals surface area contributed by atoms with E-state index in [1.165, 1.54) is 10.9 Å². The normalized spacial score (nSPS) is 20.3. The zero-order valence-electron chi connectivity index (χ0n) is 18.4. The highest BCUT2D eigenvalue weighted by Crippen LogP contribution is 2.29. The number of aliphatic hydroxyl groups excluding tert-OH is 1. The molecule has 1 saturated heterocycles. The van der Waals surface area contributed by atoms with Crippen molar-refractivity contribution in [1.29, 1.82) is 0 Å². The maximum atomic E-state index is 13.4. The van der Waals surface area contributed by atoms with Gasteiger partial charge in [-0.1, -0.05) is 41.4 Å². The molecular formula is C25H29Cl2N3O2. The van der Waals surface area contributed by atoms with E-state index in [4.69, 9.17) is 23.2 Å². The van der Waals surface area contributed by atoms with Gasteiger partial charge < -0.3 is 15.0 Å². The zero-order chi connectivity index (χ0) is 22.8. The molecule has 1 aliphatic heterocycles. The number of nitrogens with zero attached hydrogens (tertiary/aromatic N) is 2. The van der Waals surface area contributed by atoms with Crippen molar-refractivity contribution in [3.63, 3.8) is 0 Å². The second-order valence-corrected chi connectivity index (χ2v) is 9.62. The number of carbonyl (C=O) groups excluding carboxylic acids is 1. The van der Waals surface area contributed by atoms with E-state index in [-0.39, 0.29) is 11.9 Å². The molecule has 0 saturated carbocycles. The van der Waals surface area contributed by atoms with Gasteiger partial charge in [-0.25, -0.2) is 0 Å². The number of rotatable bonds is 7. The number of likely N-dealkylation sites (tertiary alicyclic amines) is 1. The minimum absolute atomic E-state index is 0.0204. The average molecular weight is 474 g/mol. The summed E-state index contributed by atoms with van der Waals surface area (Å²) in [6.45, 7) is 3.64. The van der Waals surface area contributed by atoms with Crippen molar-refractivity contribution in [3.8, 4) is 0 Å². The van der Waals surface area contributed by atoms with Crippen molar-refractivity contribution in [2.45, 2.75) is 38.5 Å². The summed E-state index contributed by atoms with van der Waals surface area (Å²) in [5, 5.41) is 12.9. The Balaban J connectivity index is 1.44. The molecule has 1 aliphatic rings. The van der Waals surface area contributed by atoms with E-state index in [1.54, 1.807) is 13.0 Å². The van der Waals surface area contributed by atoms with Crippen LogP contribution in [0.5, 0.6) is 0 Å². The Labute approximate surface area is 198 Å². The van der Waals surface area contributed by atoms with Crippen LogP contribution in [0.2, 0.25) is 10.0 Å². The van der Waals surface area contributed by atoms with Crippen molar-refractivity contribution in [2.75, 3.05) is 20.1 Å². The number of hydrogen-bond acceptors (Lipinski definition) is 3. The molecule has 170 valence electrons. The quantitative estimate of drug-likeness (QED) is 0.520. The Morgan fingerprint density at radius 3 is 2.66 bits per heavy atom. The van der Waals surface area contributed by atoms with Gasteiger partial charge in [0.15, 0.2) is 0 Å². The van der Waals surface area contributed by atoms with Crippen LogP contribution in [0.25, 0.3) is 10.9 Å². The lowest BCUT2D eigenvalue weighted by Gasteiger charge is -2.43.